The summed E-state index contributed by atoms with van der Waals surface area (Å²) in [7, 11) is 0. The predicted molar refractivity (Wildman–Crippen MR) is 228 cm³/mol. The molecule has 23 nitrogen and oxygen atoms in total. The summed E-state index contributed by atoms with van der Waals surface area (Å²) in [6.07, 6.45) is -9.05. The first-order valence-electron chi connectivity index (χ1n) is 19.5. The molecule has 3 aliphatic rings. The van der Waals surface area contributed by atoms with Gasteiger partial charge in [-0.25, -0.2) is 38.3 Å². The molecule has 0 spiro atoms. The van der Waals surface area contributed by atoms with Crippen LogP contribution in [0.2, 0.25) is 0 Å². The number of carbonyl (C=O) groups is 2. The minimum atomic E-state index is -4.57. The van der Waals surface area contributed by atoms with Gasteiger partial charge < -0.3 is 46.0 Å². The van der Waals surface area contributed by atoms with Crippen LogP contribution in [0.4, 0.5) is 20.3 Å². The van der Waals surface area contributed by atoms with E-state index in [1.165, 1.54) is 17.8 Å². The van der Waals surface area contributed by atoms with Crippen molar-refractivity contribution in [3.63, 3.8) is 0 Å². The number of nitrogens with one attached hydrogen (secondary N) is 3. The van der Waals surface area contributed by atoms with Crippen LogP contribution >= 0.6 is 24.9 Å². The van der Waals surface area contributed by atoms with Gasteiger partial charge in [-0.1, -0.05) is 26.0 Å². The number of nitrogens with zero attached hydrogens (tertiary/aromatic N) is 7. The third-order valence-electron chi connectivity index (χ3n) is 10.5. The number of imidazole rings is 2. The minimum absolute atomic E-state index is 0.0204. The molecule has 1 aromatic carbocycles. The normalized spacial score (nSPS) is 30.9. The molecule has 2 amide bonds. The molecule has 4 aromatic heterocycles. The van der Waals surface area contributed by atoms with Crippen molar-refractivity contribution in [1.82, 2.24) is 44.4 Å². The molecule has 3 fully saturated rings. The standard InChI is InChI=1S/C35H42F2N12O11P2S2/c1-15(2)23(38)32(51)46-16(3)31(50)47-18-6-4-17(5-7-18)10-64-62(54)56-9-20-26(21(36)34(58-20)48-13-44-24-28(39)40-11-41-29(24)48)59-61(53,63)55-8-19-27(60-62)22(37)35(57-19)49-14-45-25-30(49)42-12-43-33(25)52/h4-7,11-16,19-23,26-27,34-35H,8-10,38H2,1-3H3,(H,46,51)(H,47,50)(H,53,63)(H2,39,40,41)(H,42,43,52)/t16-,19+,20+,21+,22+,23-,26+,27+,34+,35+,61?,62?/m0/s1. The van der Waals surface area contributed by atoms with Gasteiger partial charge in [-0.05, 0) is 53.7 Å². The smallest absolute Gasteiger partial charge is 0.382 e. The van der Waals surface area contributed by atoms with Crippen LogP contribution in [0.25, 0.3) is 22.3 Å². The highest BCUT2D eigenvalue weighted by atomic mass is 32.7. The zero-order valence-corrected chi connectivity index (χ0v) is 37.3. The van der Waals surface area contributed by atoms with E-state index in [9.17, 15) is 23.8 Å². The van der Waals surface area contributed by atoms with E-state index in [-0.39, 0.29) is 39.8 Å². The Morgan fingerprint density at radius 3 is 2.20 bits per heavy atom. The third kappa shape index (κ3) is 9.48. The van der Waals surface area contributed by atoms with E-state index in [0.29, 0.717) is 22.6 Å². The van der Waals surface area contributed by atoms with Crippen LogP contribution < -0.4 is 27.7 Å². The molecule has 2 unspecified atom stereocenters. The molecular weight excluding hydrogens is 929 g/mol. The largest absolute Gasteiger partial charge is 0.389 e. The van der Waals surface area contributed by atoms with Crippen LogP contribution in [-0.4, -0.2) is 118 Å². The van der Waals surface area contributed by atoms with Gasteiger partial charge in [0.05, 0.1) is 38.2 Å². The Labute approximate surface area is 370 Å². The monoisotopic (exact) mass is 970 g/mol. The predicted octanol–water partition coefficient (Wildman–Crippen LogP) is 2.51. The second-order valence-corrected chi connectivity index (χ2v) is 22.1. The SMILES string of the molecule is CC(C)[C@H](N)C(=O)N[C@@H](C)C(=O)Nc1ccc(CSP2(=O)OC[C@H]3O[C@@H](n4cnc5c(N)ncnc54)[C@H](F)[C@@H]3OP(O)(=S)OC[C@H]3O[C@@H](n4cnc5c(=O)[nH]cnc54)[C@H](F)[C@@H]3O2)cc1. The van der Waals surface area contributed by atoms with Gasteiger partial charge in [0.15, 0.2) is 47.4 Å². The molecule has 3 aliphatic heterocycles. The van der Waals surface area contributed by atoms with Crippen LogP contribution in [0.1, 0.15) is 38.8 Å². The molecule has 0 bridgehead atoms. The van der Waals surface area contributed by atoms with E-state index >= 15 is 8.78 Å². The van der Waals surface area contributed by atoms with Crippen LogP contribution in [0.15, 0.2) is 54.4 Å². The second kappa shape index (κ2) is 18.5. The summed E-state index contributed by atoms with van der Waals surface area (Å²) in [4.78, 5) is 71.6. The summed E-state index contributed by atoms with van der Waals surface area (Å²) >= 11 is 5.93. The van der Waals surface area contributed by atoms with E-state index in [4.69, 9.17) is 50.8 Å². The Morgan fingerprint density at radius 1 is 0.938 bits per heavy atom. The minimum Gasteiger partial charge on any atom is -0.382 e. The van der Waals surface area contributed by atoms with Gasteiger partial charge in [-0.2, -0.15) is 0 Å². The lowest BCUT2D eigenvalue weighted by Gasteiger charge is -2.30. The maximum atomic E-state index is 16.8. The number of ether oxygens (including phenoxy) is 2. The number of amides is 2. The van der Waals surface area contributed by atoms with Crippen molar-refractivity contribution < 1.29 is 55.4 Å². The van der Waals surface area contributed by atoms with Crippen molar-refractivity contribution in [1.29, 1.82) is 0 Å². The molecule has 7 heterocycles. The van der Waals surface area contributed by atoms with Crippen LogP contribution in [0, 0.1) is 5.92 Å². The lowest BCUT2D eigenvalue weighted by molar-refractivity contribution is -0.127. The van der Waals surface area contributed by atoms with Crippen molar-refractivity contribution in [2.45, 2.75) is 87.8 Å². The van der Waals surface area contributed by atoms with Gasteiger partial charge in [-0.15, -0.1) is 0 Å². The van der Waals surface area contributed by atoms with Gasteiger partial charge in [0.25, 0.3) is 5.56 Å². The number of alkyl halides is 2. The van der Waals surface area contributed by atoms with E-state index in [1.807, 2.05) is 0 Å². The maximum Gasteiger partial charge on any atom is 0.389 e. The zero-order valence-electron chi connectivity index (χ0n) is 33.9. The topological polar surface area (TPSA) is 310 Å². The Bertz CT molecular complexity index is 2700. The fourth-order valence-corrected chi connectivity index (χ4v) is 11.8. The number of nitrogens with two attached hydrogens (primary N) is 2. The number of benzene rings is 1. The number of anilines is 2. The summed E-state index contributed by atoms with van der Waals surface area (Å²) in [5, 5.41) is 5.30. The highest BCUT2D eigenvalue weighted by Gasteiger charge is 2.54. The first kappa shape index (κ1) is 46.2. The molecular formula is C35H42F2N12O11P2S2. The molecule has 8 N–H and O–H groups in total. The molecule has 8 rings (SSSR count). The number of hydrogen-bond donors (Lipinski definition) is 6. The Kier molecular flexibility index (Phi) is 13.3. The number of fused-ring (bicyclic) bond motifs is 4. The van der Waals surface area contributed by atoms with E-state index in [0.717, 1.165) is 23.5 Å². The molecule has 64 heavy (non-hydrogen) atoms. The summed E-state index contributed by atoms with van der Waals surface area (Å²) in [5.41, 5.74) is 12.3. The first-order valence-corrected chi connectivity index (χ1v) is 25.3. The fraction of sp³-hybridized carbons (Fsp3) is 0.486. The summed E-state index contributed by atoms with van der Waals surface area (Å²) in [5.74, 6) is -1.16. The van der Waals surface area contributed by atoms with Gasteiger partial charge in [-0.3, -0.25) is 37.1 Å². The van der Waals surface area contributed by atoms with Crippen molar-refractivity contribution in [2.24, 2.45) is 11.7 Å². The Hall–Kier alpha value is -4.37. The summed E-state index contributed by atoms with van der Waals surface area (Å²) < 4.78 is 86.1. The lowest BCUT2D eigenvalue weighted by atomic mass is 10.0. The van der Waals surface area contributed by atoms with E-state index in [2.05, 4.69) is 40.5 Å². The van der Waals surface area contributed by atoms with Crippen molar-refractivity contribution in [2.75, 3.05) is 24.3 Å². The summed E-state index contributed by atoms with van der Waals surface area (Å²) in [6, 6.07) is 4.68. The molecule has 0 aliphatic carbocycles. The Morgan fingerprint density at radius 2 is 1.55 bits per heavy atom. The van der Waals surface area contributed by atoms with Crippen LogP contribution in [0.3, 0.4) is 0 Å². The quantitative estimate of drug-likeness (QED) is 0.110. The number of halogens is 2. The van der Waals surface area contributed by atoms with Gasteiger partial charge in [0.2, 0.25) is 11.8 Å². The van der Waals surface area contributed by atoms with Gasteiger partial charge in [0, 0.05) is 11.4 Å². The number of carbonyl (C=O) groups excluding carboxylic acids is 2. The number of H-pyrrole nitrogens is 1. The highest BCUT2D eigenvalue weighted by molar-refractivity contribution is 8.54. The zero-order chi connectivity index (χ0) is 45.7. The second-order valence-electron chi connectivity index (χ2n) is 15.3. The molecule has 0 saturated carbocycles. The van der Waals surface area contributed by atoms with Crippen LogP contribution in [-0.2, 0) is 59.3 Å². The molecule has 344 valence electrons. The number of rotatable bonds is 10. The molecule has 29 heteroatoms. The van der Waals surface area contributed by atoms with Gasteiger partial charge >= 0.3 is 13.5 Å². The van der Waals surface area contributed by atoms with E-state index in [1.54, 1.807) is 38.1 Å². The number of aromatic amines is 1. The first-order chi connectivity index (χ1) is 30.4. The van der Waals surface area contributed by atoms with Gasteiger partial charge in [0.1, 0.15) is 42.3 Å². The molecule has 0 radical (unpaired) electrons. The number of hydrogen-bond acceptors (Lipinski definition) is 19. The summed E-state index contributed by atoms with van der Waals surface area (Å²) in [6.45, 7) is -5.28. The third-order valence-corrected chi connectivity index (χ3v) is 15.7. The molecule has 3 saturated heterocycles. The van der Waals surface area contributed by atoms with E-state index < -0.39 is 105 Å². The molecule has 12 atom stereocenters. The maximum absolute atomic E-state index is 16.8. The van der Waals surface area contributed by atoms with Crippen LogP contribution in [0.5, 0.6) is 0 Å². The number of nitrogen functional groups attached to an aromatic ring is 1. The number of aromatic nitrogens is 8. The lowest BCUT2D eigenvalue weighted by Crippen LogP contribution is -2.50. The fourth-order valence-electron chi connectivity index (χ4n) is 6.99. The Balaban J connectivity index is 1.05. The average Bonchev–Trinajstić information content (AvgIpc) is 4.03. The average molecular weight is 971 g/mol. The van der Waals surface area contributed by atoms with Crippen molar-refractivity contribution >= 4 is 82.4 Å². The van der Waals surface area contributed by atoms with Crippen molar-refractivity contribution in [3.05, 3.63) is 65.5 Å². The highest BCUT2D eigenvalue weighted by Crippen LogP contribution is 2.65. The molecule has 5 aromatic rings. The van der Waals surface area contributed by atoms with Crippen molar-refractivity contribution in [3.8, 4) is 0 Å².